The van der Waals surface area contributed by atoms with Crippen molar-refractivity contribution in [3.63, 3.8) is 0 Å². The topological polar surface area (TPSA) is 302 Å². The summed E-state index contributed by atoms with van der Waals surface area (Å²) in [4.78, 5) is 82.2. The molecule has 0 aromatic heterocycles. The quantitative estimate of drug-likeness (QED) is 0.0211. The van der Waals surface area contributed by atoms with Gasteiger partial charge in [0.2, 0.25) is 0 Å². The maximum Gasteiger partial charge on any atom is 0.341 e. The van der Waals surface area contributed by atoms with E-state index in [0.29, 0.717) is 77.6 Å². The minimum absolute atomic E-state index is 0.0341. The summed E-state index contributed by atoms with van der Waals surface area (Å²) in [7, 11) is 6.36. The molecule has 0 aliphatic carbocycles. The van der Waals surface area contributed by atoms with E-state index < -0.39 is 41.4 Å². The van der Waals surface area contributed by atoms with Crippen molar-refractivity contribution in [2.24, 2.45) is 0 Å². The Labute approximate surface area is 661 Å². The number of ether oxygens (including phenoxy) is 11. The Morgan fingerprint density at radius 1 is 0.246 bits per heavy atom. The summed E-state index contributed by atoms with van der Waals surface area (Å²) in [5.74, 6) is -2.02. The zero-order valence-corrected chi connectivity index (χ0v) is 64.5. The largest absolute Gasteiger partial charge is 0.508 e. The van der Waals surface area contributed by atoms with E-state index in [-0.39, 0.29) is 58.5 Å². The van der Waals surface area contributed by atoms with Gasteiger partial charge < -0.3 is 72.5 Å². The smallest absolute Gasteiger partial charge is 0.341 e. The Kier molecular flexibility index (Phi) is 33.7. The number of carbonyl (C=O) groups is 7. The standard InChI is InChI=1S/2C25H24O4.C24H22O5.C10H10O5.C8H8O4/c2*1-18(2)21-14-22(25(26)27-3)24(29-17-20-12-8-5-9-13-20)15-23(21)28-16-19-10-6-4-7-11-19;1-17(25)20-13-21(24(26)27-2)23(29-16-19-11-7-4-8-12-19)14-22(20)28-15-18-9-5-3-6-10-18;1-5(11)6-3-7(10(14)15-2)9(13)4-8(6)12;1-12-8(11)6-3-2-5(9)4-7(6)10/h2*4-15H,1,16-17H2,2-3H3;3-14H,15-16H2,1-2H3;3-4,12-13H,1-2H3;2-4,9-10H,1H3. The number of esters is 5. The van der Waals surface area contributed by atoms with Crippen LogP contribution in [0.25, 0.3) is 11.1 Å². The summed E-state index contributed by atoms with van der Waals surface area (Å²) >= 11 is 0. The Balaban J connectivity index is 0.000000204. The fourth-order valence-electron chi connectivity index (χ4n) is 10.5. The molecule has 0 radical (unpaired) electrons. The lowest BCUT2D eigenvalue weighted by Crippen LogP contribution is -2.10. The Hall–Kier alpha value is -14.4. The van der Waals surface area contributed by atoms with Crippen molar-refractivity contribution in [1.29, 1.82) is 0 Å². The van der Waals surface area contributed by atoms with Crippen molar-refractivity contribution in [2.75, 3.05) is 35.5 Å². The van der Waals surface area contributed by atoms with Gasteiger partial charge in [0, 0.05) is 41.5 Å². The fraction of sp³-hybridized carbons (Fsp3) is 0.163. The monoisotopic (exact) mass is 1540 g/mol. The third-order valence-electron chi connectivity index (χ3n) is 16.5. The van der Waals surface area contributed by atoms with Gasteiger partial charge in [0.15, 0.2) is 11.6 Å². The van der Waals surface area contributed by atoms with Gasteiger partial charge in [0.25, 0.3) is 0 Å². The highest BCUT2D eigenvalue weighted by molar-refractivity contribution is 6.03. The highest BCUT2D eigenvalue weighted by Crippen LogP contribution is 2.38. The number of aromatic hydroxyl groups is 4. The first-order chi connectivity index (χ1) is 54.9. The van der Waals surface area contributed by atoms with Crippen LogP contribution >= 0.6 is 0 Å². The van der Waals surface area contributed by atoms with E-state index in [1.807, 2.05) is 196 Å². The number of benzene rings is 11. The summed E-state index contributed by atoms with van der Waals surface area (Å²) in [5, 5.41) is 36.6. The summed E-state index contributed by atoms with van der Waals surface area (Å²) in [6.45, 7) is 16.5. The molecule has 22 nitrogen and oxygen atoms in total. The highest BCUT2D eigenvalue weighted by Gasteiger charge is 2.25. The molecule has 588 valence electrons. The van der Waals surface area contributed by atoms with E-state index in [0.717, 1.165) is 81.0 Å². The first-order valence-corrected chi connectivity index (χ1v) is 35.2. The van der Waals surface area contributed by atoms with Crippen molar-refractivity contribution >= 4 is 52.6 Å². The summed E-state index contributed by atoms with van der Waals surface area (Å²) < 4.78 is 59.3. The molecule has 4 N–H and O–H groups in total. The third kappa shape index (κ3) is 26.2. The normalized spacial score (nSPS) is 10.1. The number of carbonyl (C=O) groups excluding carboxylic acids is 7. The van der Waals surface area contributed by atoms with Gasteiger partial charge in [-0.1, -0.05) is 195 Å². The van der Waals surface area contributed by atoms with Gasteiger partial charge in [-0.25, -0.2) is 24.0 Å². The Bertz CT molecular complexity index is 4700. The van der Waals surface area contributed by atoms with Gasteiger partial charge in [-0.2, -0.15) is 0 Å². The second-order valence-electron chi connectivity index (χ2n) is 24.9. The van der Waals surface area contributed by atoms with E-state index in [9.17, 15) is 43.8 Å². The number of Topliss-reactive ketones (excluding diaryl/α,β-unsaturated/α-hetero) is 2. The van der Waals surface area contributed by atoms with Crippen LogP contribution in [0.3, 0.4) is 0 Å². The third-order valence-corrected chi connectivity index (χ3v) is 16.5. The summed E-state index contributed by atoms with van der Waals surface area (Å²) in [6.07, 6.45) is 0. The Morgan fingerprint density at radius 3 is 0.719 bits per heavy atom. The molecule has 0 bridgehead atoms. The molecule has 22 heteroatoms. The van der Waals surface area contributed by atoms with Crippen LogP contribution in [0.4, 0.5) is 0 Å². The van der Waals surface area contributed by atoms with Gasteiger partial charge in [0.1, 0.15) is 125 Å². The average molecular weight is 1550 g/mol. The molecule has 0 aliphatic heterocycles. The number of hydrogen-bond donors (Lipinski definition) is 4. The molecule has 0 unspecified atom stereocenters. The molecule has 0 spiro atoms. The lowest BCUT2D eigenvalue weighted by atomic mass is 10.0. The second-order valence-corrected chi connectivity index (χ2v) is 24.9. The molecule has 11 aromatic carbocycles. The number of phenolic OH excluding ortho intramolecular Hbond substituents is 4. The van der Waals surface area contributed by atoms with Crippen molar-refractivity contribution < 1.29 is 106 Å². The second kappa shape index (κ2) is 44.3. The molecular formula is C92H88O22. The van der Waals surface area contributed by atoms with Crippen molar-refractivity contribution in [3.05, 3.63) is 345 Å². The van der Waals surface area contributed by atoms with Gasteiger partial charge in [0.05, 0.1) is 46.7 Å². The molecule has 11 rings (SSSR count). The van der Waals surface area contributed by atoms with Crippen LogP contribution in [-0.4, -0.2) is 97.4 Å². The van der Waals surface area contributed by atoms with Crippen LogP contribution in [0.5, 0.6) is 57.5 Å². The zero-order chi connectivity index (χ0) is 82.6. The number of methoxy groups -OCH3 is 5. The van der Waals surface area contributed by atoms with Gasteiger partial charge >= 0.3 is 29.8 Å². The molecule has 0 aliphatic rings. The molecule has 0 fully saturated rings. The average Bonchev–Trinajstić information content (AvgIpc) is 0.815. The number of phenols is 4. The first-order valence-electron chi connectivity index (χ1n) is 35.2. The van der Waals surface area contributed by atoms with E-state index in [4.69, 9.17) is 52.8 Å². The van der Waals surface area contributed by atoms with Gasteiger partial charge in [-0.15, -0.1) is 0 Å². The molecule has 0 saturated heterocycles. The molecule has 0 saturated carbocycles. The summed E-state index contributed by atoms with van der Waals surface area (Å²) in [5.41, 5.74) is 10.1. The maximum atomic E-state index is 12.3. The highest BCUT2D eigenvalue weighted by atomic mass is 16.5. The lowest BCUT2D eigenvalue weighted by molar-refractivity contribution is 0.0586. The fourth-order valence-corrected chi connectivity index (χ4v) is 10.5. The van der Waals surface area contributed by atoms with Gasteiger partial charge in [-0.05, 0) is 109 Å². The predicted octanol–water partition coefficient (Wildman–Crippen LogP) is 18.1. The van der Waals surface area contributed by atoms with Gasteiger partial charge in [-0.3, -0.25) is 9.59 Å². The predicted molar refractivity (Wildman–Crippen MR) is 430 cm³/mol. The molecule has 114 heavy (non-hydrogen) atoms. The van der Waals surface area contributed by atoms with Crippen molar-refractivity contribution in [2.45, 2.75) is 67.3 Å². The van der Waals surface area contributed by atoms with Crippen LogP contribution in [0.1, 0.15) is 145 Å². The summed E-state index contributed by atoms with van der Waals surface area (Å²) in [6, 6.07) is 74.1. The minimum Gasteiger partial charge on any atom is -0.508 e. The van der Waals surface area contributed by atoms with Crippen LogP contribution in [0, 0.1) is 0 Å². The SMILES string of the molecule is C=C(C)c1cc(C(=O)OC)c(OCc2ccccc2)cc1OCc1ccccc1.C=C(C)c1cc(C(=O)OC)c(OCc2ccccc2)cc1OCc1ccccc1.COC(=O)c1cc(C(C)=O)c(O)cc1O.COC(=O)c1cc(C(C)=O)c(OCc2ccccc2)cc1OCc1ccccc1.COC(=O)c1ccc(O)cc1O. The molecule has 0 amide bonds. The number of ketones is 2. The molecule has 0 heterocycles. The molecule has 0 atom stereocenters. The number of hydrogen-bond acceptors (Lipinski definition) is 22. The van der Waals surface area contributed by atoms with Crippen LogP contribution < -0.4 is 28.4 Å². The van der Waals surface area contributed by atoms with E-state index in [2.05, 4.69) is 22.6 Å². The van der Waals surface area contributed by atoms with Crippen LogP contribution in [0.15, 0.2) is 262 Å². The van der Waals surface area contributed by atoms with E-state index >= 15 is 0 Å². The number of rotatable bonds is 27. The molecule has 11 aromatic rings. The van der Waals surface area contributed by atoms with E-state index in [1.165, 1.54) is 60.5 Å². The first kappa shape index (κ1) is 86.8. The van der Waals surface area contributed by atoms with Crippen LogP contribution in [0.2, 0.25) is 0 Å². The maximum absolute atomic E-state index is 12.3. The lowest BCUT2D eigenvalue weighted by Gasteiger charge is -2.17. The van der Waals surface area contributed by atoms with Crippen LogP contribution in [-0.2, 0) is 63.3 Å². The van der Waals surface area contributed by atoms with Crippen molar-refractivity contribution in [1.82, 2.24) is 0 Å². The molecular weight excluding hydrogens is 1460 g/mol. The Morgan fingerprint density at radius 2 is 0.465 bits per heavy atom. The van der Waals surface area contributed by atoms with Crippen molar-refractivity contribution in [3.8, 4) is 57.5 Å². The van der Waals surface area contributed by atoms with E-state index in [1.54, 1.807) is 30.3 Å². The zero-order valence-electron chi connectivity index (χ0n) is 64.5. The minimum atomic E-state index is -0.769. The number of allylic oxidation sites excluding steroid dienone is 2.